The van der Waals surface area contributed by atoms with Crippen LogP contribution < -0.4 is 5.73 Å². The minimum Gasteiger partial charge on any atom is -0.480 e. The van der Waals surface area contributed by atoms with Crippen molar-refractivity contribution in [3.05, 3.63) is 17.6 Å². The van der Waals surface area contributed by atoms with E-state index in [0.717, 1.165) is 0 Å². The maximum atomic E-state index is 11.9. The van der Waals surface area contributed by atoms with Crippen LogP contribution in [0.1, 0.15) is 43.4 Å². The Balaban J connectivity index is 1.81. The van der Waals surface area contributed by atoms with E-state index < -0.39 is 11.4 Å². The number of aliphatic carboxylic acids is 1. The summed E-state index contributed by atoms with van der Waals surface area (Å²) in [5, 5.41) is 13.4. The third-order valence-electron chi connectivity index (χ3n) is 4.48. The molecule has 3 rings (SSSR count). The zero-order valence-corrected chi connectivity index (χ0v) is 13.2. The molecule has 1 saturated carbocycles. The van der Waals surface area contributed by atoms with Crippen LogP contribution in [0, 0.1) is 24.2 Å². The number of hydrogen-bond acceptors (Lipinski definition) is 6. The summed E-state index contributed by atoms with van der Waals surface area (Å²) in [5.41, 5.74) is 5.93. The fourth-order valence-corrected chi connectivity index (χ4v) is 3.09. The van der Waals surface area contributed by atoms with Crippen molar-refractivity contribution in [2.75, 3.05) is 5.73 Å². The second kappa shape index (κ2) is 5.92. The quantitative estimate of drug-likeness (QED) is 0.636. The Kier molecular flexibility index (Phi) is 3.93. The fourth-order valence-electron chi connectivity index (χ4n) is 3.09. The van der Waals surface area contributed by atoms with Gasteiger partial charge in [-0.05, 0) is 26.2 Å². The molecule has 8 nitrogen and oxygen atoms in total. The first-order valence-corrected chi connectivity index (χ1v) is 7.67. The molecule has 0 aromatic carbocycles. The summed E-state index contributed by atoms with van der Waals surface area (Å²) in [5.74, 6) is 5.34. The molecule has 0 aliphatic heterocycles. The molecule has 0 saturated heterocycles. The van der Waals surface area contributed by atoms with Crippen molar-refractivity contribution in [3.8, 4) is 11.8 Å². The van der Waals surface area contributed by atoms with Crippen LogP contribution in [0.15, 0.2) is 6.33 Å². The second-order valence-corrected chi connectivity index (χ2v) is 5.90. The summed E-state index contributed by atoms with van der Waals surface area (Å²) in [6, 6.07) is 0. The predicted octanol–water partition coefficient (Wildman–Crippen LogP) is 0.971. The average molecular weight is 327 g/mol. The number of carboxylic acid groups (broad SMARTS) is 1. The van der Waals surface area contributed by atoms with E-state index in [4.69, 9.17) is 5.73 Å². The van der Waals surface area contributed by atoms with Gasteiger partial charge in [0.15, 0.2) is 0 Å². The number of rotatable bonds is 3. The van der Waals surface area contributed by atoms with E-state index in [2.05, 4.69) is 26.9 Å². The predicted molar refractivity (Wildman–Crippen MR) is 85.0 cm³/mol. The molecule has 124 valence electrons. The minimum absolute atomic E-state index is 0.196. The van der Waals surface area contributed by atoms with Crippen LogP contribution in [0.4, 0.5) is 5.82 Å². The van der Waals surface area contributed by atoms with Crippen molar-refractivity contribution in [3.63, 3.8) is 0 Å². The number of Topliss-reactive ketones (excluding diaryl/α,β-unsaturated/α-hetero) is 1. The largest absolute Gasteiger partial charge is 0.480 e. The van der Waals surface area contributed by atoms with Gasteiger partial charge in [-0.15, -0.1) is 0 Å². The van der Waals surface area contributed by atoms with Crippen LogP contribution in [-0.4, -0.2) is 36.4 Å². The number of aryl methyl sites for hydroxylation is 1. The number of nitrogens with zero attached hydrogens (tertiary/aromatic N) is 4. The van der Waals surface area contributed by atoms with Gasteiger partial charge in [-0.2, -0.15) is 14.6 Å². The van der Waals surface area contributed by atoms with E-state index in [0.29, 0.717) is 48.5 Å². The Morgan fingerprint density at radius 1 is 1.54 bits per heavy atom. The third kappa shape index (κ3) is 2.48. The van der Waals surface area contributed by atoms with E-state index in [9.17, 15) is 14.7 Å². The standard InChI is InChI=1S/C16H17N5O3/c1-10-11(13(17)21-15(20-10)18-9-19-21)5-2-3-7-16(14(23)24)8-4-6-12(16)22/h9H,3-4,6-8,17H2,1H3,(H,23,24). The molecule has 1 aliphatic carbocycles. The summed E-state index contributed by atoms with van der Waals surface area (Å²) in [6.45, 7) is 1.77. The van der Waals surface area contributed by atoms with Crippen LogP contribution in [0.2, 0.25) is 0 Å². The van der Waals surface area contributed by atoms with E-state index in [1.54, 1.807) is 6.92 Å². The maximum absolute atomic E-state index is 11.9. The van der Waals surface area contributed by atoms with Gasteiger partial charge >= 0.3 is 5.97 Å². The lowest BCUT2D eigenvalue weighted by atomic mass is 9.81. The van der Waals surface area contributed by atoms with Crippen LogP contribution >= 0.6 is 0 Å². The highest BCUT2D eigenvalue weighted by molar-refractivity contribution is 6.04. The van der Waals surface area contributed by atoms with Gasteiger partial charge in [0.2, 0.25) is 0 Å². The third-order valence-corrected chi connectivity index (χ3v) is 4.48. The van der Waals surface area contributed by atoms with Gasteiger partial charge < -0.3 is 10.8 Å². The number of anilines is 1. The first-order chi connectivity index (χ1) is 11.5. The molecule has 1 aliphatic rings. The number of ketones is 1. The molecule has 2 heterocycles. The van der Waals surface area contributed by atoms with E-state index >= 15 is 0 Å². The summed E-state index contributed by atoms with van der Waals surface area (Å²) >= 11 is 0. The highest BCUT2D eigenvalue weighted by Crippen LogP contribution is 2.39. The Labute approximate surface area is 138 Å². The number of carbonyl (C=O) groups is 2. The van der Waals surface area contributed by atoms with Gasteiger partial charge in [-0.25, -0.2) is 4.98 Å². The molecule has 24 heavy (non-hydrogen) atoms. The highest BCUT2D eigenvalue weighted by atomic mass is 16.4. The van der Waals surface area contributed by atoms with Gasteiger partial charge in [-0.1, -0.05) is 11.8 Å². The normalized spacial score (nSPS) is 20.1. The number of nitrogen functional groups attached to an aromatic ring is 1. The fraction of sp³-hybridized carbons (Fsp3) is 0.438. The molecule has 0 bridgehead atoms. The number of aromatic nitrogens is 4. The maximum Gasteiger partial charge on any atom is 0.317 e. The molecule has 8 heteroatoms. The van der Waals surface area contributed by atoms with Crippen LogP contribution in [0.25, 0.3) is 5.78 Å². The first kappa shape index (κ1) is 15.9. The summed E-state index contributed by atoms with van der Waals surface area (Å²) in [7, 11) is 0. The molecule has 2 aromatic rings. The Bertz CT molecular complexity index is 892. The van der Waals surface area contributed by atoms with Crippen molar-refractivity contribution >= 4 is 23.3 Å². The molecule has 0 radical (unpaired) electrons. The summed E-state index contributed by atoms with van der Waals surface area (Å²) < 4.78 is 1.40. The number of hydrogen-bond donors (Lipinski definition) is 2. The second-order valence-electron chi connectivity index (χ2n) is 5.90. The van der Waals surface area contributed by atoms with Crippen molar-refractivity contribution in [2.45, 2.75) is 39.0 Å². The summed E-state index contributed by atoms with van der Waals surface area (Å²) in [6.07, 6.45) is 3.21. The molecule has 2 aromatic heterocycles. The van der Waals surface area contributed by atoms with E-state index in [-0.39, 0.29) is 12.2 Å². The Morgan fingerprint density at radius 2 is 2.33 bits per heavy atom. The lowest BCUT2D eigenvalue weighted by Crippen LogP contribution is -2.34. The van der Waals surface area contributed by atoms with Gasteiger partial charge in [0.1, 0.15) is 23.3 Å². The monoisotopic (exact) mass is 327 g/mol. The van der Waals surface area contributed by atoms with Gasteiger partial charge in [0.25, 0.3) is 5.78 Å². The molecule has 1 unspecified atom stereocenters. The lowest BCUT2D eigenvalue weighted by Gasteiger charge is -2.20. The topological polar surface area (TPSA) is 123 Å². The van der Waals surface area contributed by atoms with Gasteiger partial charge in [0.05, 0.1) is 11.3 Å². The van der Waals surface area contributed by atoms with Crippen molar-refractivity contribution in [2.24, 2.45) is 5.41 Å². The smallest absolute Gasteiger partial charge is 0.317 e. The molecule has 3 N–H and O–H groups in total. The zero-order chi connectivity index (χ0) is 17.3. The van der Waals surface area contributed by atoms with Gasteiger partial charge in [-0.3, -0.25) is 9.59 Å². The summed E-state index contributed by atoms with van der Waals surface area (Å²) in [4.78, 5) is 31.7. The highest BCUT2D eigenvalue weighted by Gasteiger charge is 2.47. The van der Waals surface area contributed by atoms with Crippen LogP contribution in [0.5, 0.6) is 0 Å². The Morgan fingerprint density at radius 3 is 3.00 bits per heavy atom. The molecule has 1 fully saturated rings. The zero-order valence-electron chi connectivity index (χ0n) is 13.2. The molecular formula is C16H17N5O3. The van der Waals surface area contributed by atoms with Crippen LogP contribution in [0.3, 0.4) is 0 Å². The first-order valence-electron chi connectivity index (χ1n) is 7.67. The van der Waals surface area contributed by atoms with Crippen LogP contribution in [-0.2, 0) is 9.59 Å². The SMILES string of the molecule is Cc1nc2ncnn2c(N)c1C#CCCC1(C(=O)O)CCCC1=O. The van der Waals surface area contributed by atoms with E-state index in [1.165, 1.54) is 10.8 Å². The number of fused-ring (bicyclic) bond motifs is 1. The Hall–Kier alpha value is -2.95. The van der Waals surface area contributed by atoms with Gasteiger partial charge in [0, 0.05) is 12.8 Å². The lowest BCUT2D eigenvalue weighted by molar-refractivity contribution is -0.153. The van der Waals surface area contributed by atoms with E-state index in [1.807, 2.05) is 0 Å². The minimum atomic E-state index is -1.27. The molecule has 1 atom stereocenters. The van der Waals surface area contributed by atoms with Crippen molar-refractivity contribution in [1.82, 2.24) is 19.6 Å². The molecule has 0 amide bonds. The number of carbonyl (C=O) groups excluding carboxylic acids is 1. The molecule has 0 spiro atoms. The number of nitrogens with two attached hydrogens (primary N) is 1. The average Bonchev–Trinajstić information content (AvgIpc) is 3.14. The molecular weight excluding hydrogens is 310 g/mol. The van der Waals surface area contributed by atoms with Crippen molar-refractivity contribution < 1.29 is 14.7 Å². The van der Waals surface area contributed by atoms with Crippen molar-refractivity contribution in [1.29, 1.82) is 0 Å². The number of carboxylic acids is 1.